The third-order valence-electron chi connectivity index (χ3n) is 5.05. The highest BCUT2D eigenvalue weighted by Crippen LogP contribution is 2.36. The summed E-state index contributed by atoms with van der Waals surface area (Å²) in [6.45, 7) is 0.838. The maximum Gasteiger partial charge on any atom is 0.332 e. The van der Waals surface area contributed by atoms with Crippen LogP contribution in [-0.4, -0.2) is 34.2 Å². The summed E-state index contributed by atoms with van der Waals surface area (Å²) in [7, 11) is 2.89. The molecule has 8 nitrogen and oxygen atoms in total. The van der Waals surface area contributed by atoms with E-state index in [1.54, 1.807) is 0 Å². The summed E-state index contributed by atoms with van der Waals surface area (Å²) in [6.07, 6.45) is 6.23. The Morgan fingerprint density at radius 3 is 2.52 bits per heavy atom. The van der Waals surface area contributed by atoms with Gasteiger partial charge < -0.3 is 14.8 Å². The van der Waals surface area contributed by atoms with Gasteiger partial charge in [0, 0.05) is 33.5 Å². The molecule has 1 saturated carbocycles. The van der Waals surface area contributed by atoms with E-state index in [0.29, 0.717) is 13.2 Å². The fourth-order valence-corrected chi connectivity index (χ4v) is 3.61. The van der Waals surface area contributed by atoms with Gasteiger partial charge in [0.25, 0.3) is 5.56 Å². The number of anilines is 1. The topological polar surface area (TPSA) is 98.3 Å². The number of nitriles is 1. The van der Waals surface area contributed by atoms with Gasteiger partial charge in [-0.25, -0.2) is 4.79 Å². The van der Waals surface area contributed by atoms with Crippen LogP contribution in [0.5, 0.6) is 0 Å². The van der Waals surface area contributed by atoms with Crippen molar-refractivity contribution in [2.24, 2.45) is 14.1 Å². The van der Waals surface area contributed by atoms with Gasteiger partial charge in [0.15, 0.2) is 11.4 Å². The molecular formula is C17H24N4O4. The smallest absolute Gasteiger partial charge is 0.332 e. The van der Waals surface area contributed by atoms with Gasteiger partial charge in [-0.15, -0.1) is 0 Å². The van der Waals surface area contributed by atoms with Crippen LogP contribution in [0.1, 0.15) is 44.1 Å². The molecule has 1 saturated heterocycles. The molecule has 0 amide bonds. The highest BCUT2D eigenvalue weighted by molar-refractivity contribution is 5.51. The Bertz CT molecular complexity index is 797. The Balaban J connectivity index is 1.74. The summed E-state index contributed by atoms with van der Waals surface area (Å²) in [4.78, 5) is 24.2. The summed E-state index contributed by atoms with van der Waals surface area (Å²) in [5, 5.41) is 12.3. The van der Waals surface area contributed by atoms with Gasteiger partial charge in [0.2, 0.25) is 0 Å². The Morgan fingerprint density at radius 2 is 1.88 bits per heavy atom. The molecule has 1 aliphatic carbocycles. The lowest BCUT2D eigenvalue weighted by molar-refractivity contribution is -0.174. The van der Waals surface area contributed by atoms with Gasteiger partial charge >= 0.3 is 5.69 Å². The zero-order valence-electron chi connectivity index (χ0n) is 14.7. The van der Waals surface area contributed by atoms with E-state index in [2.05, 4.69) is 5.32 Å². The molecule has 136 valence electrons. The van der Waals surface area contributed by atoms with Crippen molar-refractivity contribution in [1.82, 2.24) is 9.13 Å². The third kappa shape index (κ3) is 3.34. The van der Waals surface area contributed by atoms with Crippen molar-refractivity contribution in [3.8, 4) is 6.07 Å². The summed E-state index contributed by atoms with van der Waals surface area (Å²) >= 11 is 0. The SMILES string of the molecule is Cn1c(NCC2COC3(CCCCCC3)O2)c(C#N)c(=O)n(C)c1=O. The molecule has 3 rings (SSSR count). The van der Waals surface area contributed by atoms with Crippen molar-refractivity contribution in [3.63, 3.8) is 0 Å². The van der Waals surface area contributed by atoms with Gasteiger partial charge in [-0.2, -0.15) is 5.26 Å². The fraction of sp³-hybridized carbons (Fsp3) is 0.706. The maximum atomic E-state index is 12.1. The highest BCUT2D eigenvalue weighted by Gasteiger charge is 2.41. The number of ether oxygens (including phenoxy) is 2. The van der Waals surface area contributed by atoms with Gasteiger partial charge in [-0.3, -0.25) is 13.9 Å². The van der Waals surface area contributed by atoms with Crippen LogP contribution in [0.15, 0.2) is 9.59 Å². The van der Waals surface area contributed by atoms with Gasteiger partial charge in [0.1, 0.15) is 18.0 Å². The van der Waals surface area contributed by atoms with Crippen molar-refractivity contribution in [2.75, 3.05) is 18.5 Å². The Hall–Kier alpha value is -2.11. The molecule has 0 radical (unpaired) electrons. The molecule has 2 aliphatic rings. The summed E-state index contributed by atoms with van der Waals surface area (Å²) < 4.78 is 14.3. The lowest BCUT2D eigenvalue weighted by Gasteiger charge is -2.26. The second-order valence-electron chi connectivity index (χ2n) is 6.80. The predicted molar refractivity (Wildman–Crippen MR) is 91.4 cm³/mol. The van der Waals surface area contributed by atoms with Crippen LogP contribution in [0.2, 0.25) is 0 Å². The average Bonchev–Trinajstić information content (AvgIpc) is 2.86. The van der Waals surface area contributed by atoms with Crippen molar-refractivity contribution in [1.29, 1.82) is 5.26 Å². The van der Waals surface area contributed by atoms with Crippen molar-refractivity contribution < 1.29 is 9.47 Å². The van der Waals surface area contributed by atoms with Gasteiger partial charge in [-0.1, -0.05) is 12.8 Å². The Kier molecular flexibility index (Phi) is 4.97. The number of nitrogens with one attached hydrogen (secondary N) is 1. The minimum atomic E-state index is -0.600. The molecule has 1 atom stereocenters. The van der Waals surface area contributed by atoms with Crippen LogP contribution in [0.4, 0.5) is 5.82 Å². The number of rotatable bonds is 3. The Labute approximate surface area is 146 Å². The van der Waals surface area contributed by atoms with Crippen LogP contribution in [0, 0.1) is 11.3 Å². The van der Waals surface area contributed by atoms with E-state index >= 15 is 0 Å². The molecule has 1 unspecified atom stereocenters. The first kappa shape index (κ1) is 17.7. The molecule has 2 heterocycles. The minimum Gasteiger partial charge on any atom is -0.367 e. The number of aromatic nitrogens is 2. The molecule has 0 bridgehead atoms. The second-order valence-corrected chi connectivity index (χ2v) is 6.80. The lowest BCUT2D eigenvalue weighted by atomic mass is 10.1. The first-order valence-electron chi connectivity index (χ1n) is 8.73. The minimum absolute atomic E-state index is 0.0762. The van der Waals surface area contributed by atoms with E-state index in [1.165, 1.54) is 31.5 Å². The zero-order valence-corrected chi connectivity index (χ0v) is 14.7. The number of hydrogen-bond donors (Lipinski definition) is 1. The highest BCUT2D eigenvalue weighted by atomic mass is 16.7. The van der Waals surface area contributed by atoms with E-state index < -0.39 is 17.0 Å². The van der Waals surface area contributed by atoms with E-state index in [0.717, 1.165) is 30.3 Å². The van der Waals surface area contributed by atoms with Crippen molar-refractivity contribution in [2.45, 2.75) is 50.4 Å². The molecule has 1 aromatic heterocycles. The summed E-state index contributed by atoms with van der Waals surface area (Å²) in [6, 6.07) is 1.89. The molecule has 2 fully saturated rings. The van der Waals surface area contributed by atoms with E-state index in [1.807, 2.05) is 6.07 Å². The van der Waals surface area contributed by atoms with Crippen LogP contribution in [0.25, 0.3) is 0 Å². The lowest BCUT2D eigenvalue weighted by Crippen LogP contribution is -2.40. The number of nitrogens with zero attached hydrogens (tertiary/aromatic N) is 3. The Morgan fingerprint density at radius 1 is 1.20 bits per heavy atom. The number of hydrogen-bond acceptors (Lipinski definition) is 6. The standard InChI is InChI=1S/C17H24N4O4/c1-20-14(13(9-18)15(22)21(2)16(20)23)19-10-12-11-24-17(25-12)7-5-3-4-6-8-17/h12,19H,3-8,10-11H2,1-2H3. The van der Waals surface area contributed by atoms with E-state index in [9.17, 15) is 14.9 Å². The van der Waals surface area contributed by atoms with E-state index in [-0.39, 0.29) is 17.5 Å². The largest absolute Gasteiger partial charge is 0.367 e. The van der Waals surface area contributed by atoms with Crippen LogP contribution < -0.4 is 16.6 Å². The first-order valence-corrected chi connectivity index (χ1v) is 8.73. The second kappa shape index (κ2) is 7.02. The zero-order chi connectivity index (χ0) is 18.0. The van der Waals surface area contributed by atoms with Gasteiger partial charge in [-0.05, 0) is 12.8 Å². The molecule has 8 heteroatoms. The maximum absolute atomic E-state index is 12.1. The molecule has 1 aliphatic heterocycles. The molecule has 1 N–H and O–H groups in total. The normalized spacial score (nSPS) is 22.5. The summed E-state index contributed by atoms with van der Waals surface area (Å²) in [5.41, 5.74) is -1.15. The van der Waals surface area contributed by atoms with Gasteiger partial charge in [0.05, 0.1) is 6.61 Å². The molecule has 1 spiro atoms. The molecule has 1 aromatic rings. The fourth-order valence-electron chi connectivity index (χ4n) is 3.61. The van der Waals surface area contributed by atoms with Crippen molar-refractivity contribution in [3.05, 3.63) is 26.4 Å². The van der Waals surface area contributed by atoms with Crippen molar-refractivity contribution >= 4 is 5.82 Å². The molecule has 0 aromatic carbocycles. The van der Waals surface area contributed by atoms with Crippen LogP contribution in [0.3, 0.4) is 0 Å². The van der Waals surface area contributed by atoms with Crippen LogP contribution in [-0.2, 0) is 23.6 Å². The molecular weight excluding hydrogens is 324 g/mol. The molecule has 25 heavy (non-hydrogen) atoms. The average molecular weight is 348 g/mol. The predicted octanol–water partition coefficient (Wildman–Crippen LogP) is 0.833. The van der Waals surface area contributed by atoms with Crippen LogP contribution >= 0.6 is 0 Å². The monoisotopic (exact) mass is 348 g/mol. The third-order valence-corrected chi connectivity index (χ3v) is 5.05. The quantitative estimate of drug-likeness (QED) is 0.869. The van der Waals surface area contributed by atoms with E-state index in [4.69, 9.17) is 9.47 Å². The summed E-state index contributed by atoms with van der Waals surface area (Å²) in [5.74, 6) is -0.263. The first-order chi connectivity index (χ1) is 12.0.